The first-order chi connectivity index (χ1) is 9.76. The Labute approximate surface area is 119 Å². The lowest BCUT2D eigenvalue weighted by molar-refractivity contribution is 0.0525. The van der Waals surface area contributed by atoms with Crippen molar-refractivity contribution >= 4 is 22.4 Å². The fraction of sp³-hybridized carbons (Fsp3) is 0.438. The van der Waals surface area contributed by atoms with Crippen LogP contribution in [0.4, 0.5) is 11.5 Å². The van der Waals surface area contributed by atoms with E-state index in [0.29, 0.717) is 6.10 Å². The number of rotatable bonds is 3. The molecule has 0 spiro atoms. The molecule has 1 aliphatic heterocycles. The van der Waals surface area contributed by atoms with Crippen LogP contribution >= 0.6 is 0 Å². The van der Waals surface area contributed by atoms with Gasteiger partial charge in [-0.3, -0.25) is 0 Å². The maximum Gasteiger partial charge on any atom is 0.129 e. The average molecular weight is 271 g/mol. The highest BCUT2D eigenvalue weighted by Crippen LogP contribution is 2.23. The monoisotopic (exact) mass is 271 g/mol. The summed E-state index contributed by atoms with van der Waals surface area (Å²) in [6.07, 6.45) is 2.64. The molecular weight excluding hydrogens is 250 g/mol. The van der Waals surface area contributed by atoms with Gasteiger partial charge in [0.2, 0.25) is 0 Å². The minimum absolute atomic E-state index is 0.331. The number of hydrogen-bond donors (Lipinski definition) is 1. The average Bonchev–Trinajstić information content (AvgIpc) is 2.47. The molecule has 1 aliphatic rings. The third-order valence-corrected chi connectivity index (χ3v) is 3.80. The normalized spacial score (nSPS) is 19.4. The van der Waals surface area contributed by atoms with Gasteiger partial charge in [-0.15, -0.1) is 0 Å². The number of ether oxygens (including phenoxy) is 1. The Bertz CT molecular complexity index is 597. The van der Waals surface area contributed by atoms with Crippen LogP contribution in [-0.4, -0.2) is 30.8 Å². The van der Waals surface area contributed by atoms with E-state index in [9.17, 15) is 0 Å². The topological polar surface area (TPSA) is 51.4 Å². The van der Waals surface area contributed by atoms with Crippen molar-refractivity contribution in [2.24, 2.45) is 0 Å². The summed E-state index contributed by atoms with van der Waals surface area (Å²) in [5, 5.41) is 1.09. The molecule has 2 aromatic rings. The van der Waals surface area contributed by atoms with Crippen molar-refractivity contribution in [1.29, 1.82) is 0 Å². The molecule has 0 saturated carbocycles. The molecule has 1 saturated heterocycles. The molecule has 2 N–H and O–H groups in total. The number of nitrogens with two attached hydrogens (primary N) is 1. The maximum atomic E-state index is 5.80. The molecule has 1 atom stereocenters. The molecule has 1 unspecified atom stereocenters. The van der Waals surface area contributed by atoms with Crippen LogP contribution in [0.25, 0.3) is 10.9 Å². The number of nitrogens with zero attached hydrogens (tertiary/aromatic N) is 2. The van der Waals surface area contributed by atoms with Crippen LogP contribution in [0.3, 0.4) is 0 Å². The summed E-state index contributed by atoms with van der Waals surface area (Å²) in [7, 11) is 0. The molecule has 0 radical (unpaired) electrons. The van der Waals surface area contributed by atoms with Gasteiger partial charge in [0.25, 0.3) is 0 Å². The summed E-state index contributed by atoms with van der Waals surface area (Å²) in [5.74, 6) is 1.03. The minimum Gasteiger partial charge on any atom is -0.399 e. The Morgan fingerprint density at radius 1 is 1.35 bits per heavy atom. The molecule has 4 nitrogen and oxygen atoms in total. The van der Waals surface area contributed by atoms with Crippen LogP contribution in [0.2, 0.25) is 0 Å². The first-order valence-electron chi connectivity index (χ1n) is 7.29. The van der Waals surface area contributed by atoms with Gasteiger partial charge in [-0.2, -0.15) is 0 Å². The Kier molecular flexibility index (Phi) is 3.74. The quantitative estimate of drug-likeness (QED) is 0.872. The molecule has 20 heavy (non-hydrogen) atoms. The summed E-state index contributed by atoms with van der Waals surface area (Å²) < 4.78 is 5.75. The van der Waals surface area contributed by atoms with E-state index in [2.05, 4.69) is 24.0 Å². The molecule has 0 amide bonds. The van der Waals surface area contributed by atoms with Gasteiger partial charge in [-0.25, -0.2) is 4.98 Å². The lowest BCUT2D eigenvalue weighted by Gasteiger charge is -2.33. The first-order valence-corrected chi connectivity index (χ1v) is 7.29. The van der Waals surface area contributed by atoms with E-state index >= 15 is 0 Å². The van der Waals surface area contributed by atoms with Gasteiger partial charge in [0, 0.05) is 30.8 Å². The van der Waals surface area contributed by atoms with Gasteiger partial charge in [-0.1, -0.05) is 0 Å². The van der Waals surface area contributed by atoms with Crippen molar-refractivity contribution in [2.75, 3.05) is 30.3 Å². The van der Waals surface area contributed by atoms with E-state index in [-0.39, 0.29) is 0 Å². The van der Waals surface area contributed by atoms with Gasteiger partial charge in [0.1, 0.15) is 5.82 Å². The lowest BCUT2D eigenvalue weighted by Crippen LogP contribution is -2.40. The number of anilines is 2. The largest absolute Gasteiger partial charge is 0.399 e. The van der Waals surface area contributed by atoms with E-state index in [1.54, 1.807) is 0 Å². The Morgan fingerprint density at radius 2 is 2.25 bits per heavy atom. The number of aromatic nitrogens is 1. The van der Waals surface area contributed by atoms with Crippen molar-refractivity contribution < 1.29 is 4.74 Å². The maximum absolute atomic E-state index is 5.80. The number of benzene rings is 1. The number of fused-ring (bicyclic) bond motifs is 1. The number of hydrogen-bond acceptors (Lipinski definition) is 4. The van der Waals surface area contributed by atoms with Crippen LogP contribution < -0.4 is 10.6 Å². The second-order valence-corrected chi connectivity index (χ2v) is 5.29. The third kappa shape index (κ3) is 2.70. The van der Waals surface area contributed by atoms with Crippen molar-refractivity contribution in [1.82, 2.24) is 4.98 Å². The predicted octanol–water partition coefficient (Wildman–Crippen LogP) is 2.82. The zero-order chi connectivity index (χ0) is 13.9. The van der Waals surface area contributed by atoms with Crippen LogP contribution in [-0.2, 0) is 4.74 Å². The van der Waals surface area contributed by atoms with Gasteiger partial charge in [-0.05, 0) is 50.1 Å². The minimum atomic E-state index is 0.331. The number of nitrogen functional groups attached to an aromatic ring is 1. The number of piperidine rings is 1. The summed E-state index contributed by atoms with van der Waals surface area (Å²) in [5.41, 5.74) is 7.58. The molecule has 2 heterocycles. The zero-order valence-electron chi connectivity index (χ0n) is 11.9. The van der Waals surface area contributed by atoms with Gasteiger partial charge in [0.05, 0.1) is 11.6 Å². The zero-order valence-corrected chi connectivity index (χ0v) is 11.9. The van der Waals surface area contributed by atoms with Crippen LogP contribution in [0.15, 0.2) is 30.3 Å². The highest BCUT2D eigenvalue weighted by atomic mass is 16.5. The number of pyridine rings is 1. The molecular formula is C16H21N3O. The molecule has 106 valence electrons. The fourth-order valence-electron chi connectivity index (χ4n) is 2.83. The molecule has 0 aliphatic carbocycles. The SMILES string of the molecule is CCOC1CCCN(c2ccc3cc(N)ccc3n2)C1. The van der Waals surface area contributed by atoms with Crippen LogP contribution in [0, 0.1) is 0 Å². The fourth-order valence-corrected chi connectivity index (χ4v) is 2.83. The van der Waals surface area contributed by atoms with Crippen molar-refractivity contribution in [2.45, 2.75) is 25.9 Å². The summed E-state index contributed by atoms with van der Waals surface area (Å²) in [6.45, 7) is 4.82. The molecule has 1 aromatic heterocycles. The van der Waals surface area contributed by atoms with E-state index < -0.39 is 0 Å². The lowest BCUT2D eigenvalue weighted by atomic mass is 10.1. The summed E-state index contributed by atoms with van der Waals surface area (Å²) >= 11 is 0. The second kappa shape index (κ2) is 5.67. The summed E-state index contributed by atoms with van der Waals surface area (Å²) in [6, 6.07) is 10.0. The molecule has 1 aromatic carbocycles. The highest BCUT2D eigenvalue weighted by molar-refractivity contribution is 5.83. The van der Waals surface area contributed by atoms with Crippen molar-refractivity contribution in [3.05, 3.63) is 30.3 Å². The highest BCUT2D eigenvalue weighted by Gasteiger charge is 2.21. The predicted molar refractivity (Wildman–Crippen MR) is 83.0 cm³/mol. The molecule has 4 heteroatoms. The molecule has 1 fully saturated rings. The molecule has 3 rings (SSSR count). The Hall–Kier alpha value is -1.81. The van der Waals surface area contributed by atoms with Crippen LogP contribution in [0.5, 0.6) is 0 Å². The second-order valence-electron chi connectivity index (χ2n) is 5.29. The summed E-state index contributed by atoms with van der Waals surface area (Å²) in [4.78, 5) is 7.07. The Morgan fingerprint density at radius 3 is 3.10 bits per heavy atom. The van der Waals surface area contributed by atoms with Crippen molar-refractivity contribution in [3.8, 4) is 0 Å². The van der Waals surface area contributed by atoms with E-state index in [0.717, 1.165) is 54.9 Å². The van der Waals surface area contributed by atoms with Gasteiger partial charge >= 0.3 is 0 Å². The van der Waals surface area contributed by atoms with Crippen LogP contribution in [0.1, 0.15) is 19.8 Å². The first kappa shape index (κ1) is 13.2. The van der Waals surface area contributed by atoms with Gasteiger partial charge in [0.15, 0.2) is 0 Å². The van der Waals surface area contributed by atoms with E-state index in [4.69, 9.17) is 15.5 Å². The molecule has 0 bridgehead atoms. The third-order valence-electron chi connectivity index (χ3n) is 3.80. The van der Waals surface area contributed by atoms with E-state index in [1.807, 2.05) is 18.2 Å². The van der Waals surface area contributed by atoms with Crippen molar-refractivity contribution in [3.63, 3.8) is 0 Å². The standard InChI is InChI=1S/C16H21N3O/c1-2-20-14-4-3-9-19(11-14)16-8-5-12-10-13(17)6-7-15(12)18-16/h5-8,10,14H,2-4,9,11,17H2,1H3. The van der Waals surface area contributed by atoms with E-state index in [1.165, 1.54) is 0 Å². The Balaban J connectivity index is 1.84. The smallest absolute Gasteiger partial charge is 0.129 e. The van der Waals surface area contributed by atoms with Gasteiger partial charge < -0.3 is 15.4 Å².